The number of hydrogen-bond donors (Lipinski definition) is 1. The molecule has 0 aromatic heterocycles. The molecule has 0 aliphatic carbocycles. The highest BCUT2D eigenvalue weighted by Crippen LogP contribution is 2.36. The molecule has 212 valence electrons. The molecule has 1 aliphatic heterocycles. The van der Waals surface area contributed by atoms with Gasteiger partial charge in [-0.25, -0.2) is 8.42 Å². The van der Waals surface area contributed by atoms with Crippen LogP contribution in [0.2, 0.25) is 0 Å². The lowest BCUT2D eigenvalue weighted by atomic mass is 10.1. The summed E-state index contributed by atoms with van der Waals surface area (Å²) >= 11 is 0. The van der Waals surface area contributed by atoms with Gasteiger partial charge >= 0.3 is 0 Å². The van der Waals surface area contributed by atoms with Crippen molar-refractivity contribution in [1.82, 2.24) is 10.2 Å². The number of carbonyl (C=O) groups excluding carboxylic acids is 2. The van der Waals surface area contributed by atoms with Crippen molar-refractivity contribution in [3.63, 3.8) is 0 Å². The predicted molar refractivity (Wildman–Crippen MR) is 153 cm³/mol. The molecule has 3 aromatic carbocycles. The van der Waals surface area contributed by atoms with E-state index in [1.165, 1.54) is 17.0 Å². The third-order valence-electron chi connectivity index (χ3n) is 6.50. The van der Waals surface area contributed by atoms with Gasteiger partial charge in [-0.1, -0.05) is 48.0 Å². The minimum Gasteiger partial charge on any atom is -0.486 e. The number of sulfonamides is 1. The van der Waals surface area contributed by atoms with Crippen LogP contribution in [0.4, 0.5) is 5.69 Å². The first kappa shape index (κ1) is 28.9. The second kappa shape index (κ2) is 12.4. The number of hydrogen-bond acceptors (Lipinski definition) is 6. The van der Waals surface area contributed by atoms with E-state index in [2.05, 4.69) is 5.32 Å². The lowest BCUT2D eigenvalue weighted by Gasteiger charge is -2.32. The molecule has 0 saturated carbocycles. The average Bonchev–Trinajstić information content (AvgIpc) is 2.95. The van der Waals surface area contributed by atoms with E-state index >= 15 is 0 Å². The predicted octanol–water partition coefficient (Wildman–Crippen LogP) is 3.90. The number of nitrogens with zero attached hydrogens (tertiary/aromatic N) is 2. The molecule has 4 rings (SSSR count). The second-order valence-electron chi connectivity index (χ2n) is 10.00. The lowest BCUT2D eigenvalue weighted by Crippen LogP contribution is -2.52. The number of benzene rings is 3. The van der Waals surface area contributed by atoms with Gasteiger partial charge in [-0.3, -0.25) is 13.9 Å². The van der Waals surface area contributed by atoms with E-state index in [4.69, 9.17) is 9.47 Å². The molecule has 9 nitrogen and oxygen atoms in total. The van der Waals surface area contributed by atoms with Crippen LogP contribution in [0.5, 0.6) is 11.5 Å². The van der Waals surface area contributed by atoms with Gasteiger partial charge in [0, 0.05) is 18.7 Å². The van der Waals surface area contributed by atoms with Gasteiger partial charge in [0.25, 0.3) is 10.0 Å². The minimum absolute atomic E-state index is 0.0355. The Hall–Kier alpha value is -4.05. The summed E-state index contributed by atoms with van der Waals surface area (Å²) in [7, 11) is -4.16. The zero-order valence-corrected chi connectivity index (χ0v) is 24.0. The van der Waals surface area contributed by atoms with E-state index in [-0.39, 0.29) is 29.1 Å². The van der Waals surface area contributed by atoms with E-state index in [1.54, 1.807) is 43.3 Å². The van der Waals surface area contributed by atoms with Gasteiger partial charge in [0.05, 0.1) is 10.6 Å². The molecule has 0 radical (unpaired) electrons. The molecule has 0 spiro atoms. The van der Waals surface area contributed by atoms with Gasteiger partial charge < -0.3 is 19.7 Å². The number of amides is 2. The number of aryl methyl sites for hydroxylation is 1. The molecule has 3 aromatic rings. The fourth-order valence-electron chi connectivity index (χ4n) is 4.31. The van der Waals surface area contributed by atoms with Crippen molar-refractivity contribution < 1.29 is 27.5 Å². The van der Waals surface area contributed by atoms with Crippen LogP contribution in [-0.2, 0) is 26.2 Å². The van der Waals surface area contributed by atoms with Gasteiger partial charge in [-0.15, -0.1) is 0 Å². The summed E-state index contributed by atoms with van der Waals surface area (Å²) < 4.78 is 40.2. The van der Waals surface area contributed by atoms with Crippen molar-refractivity contribution in [3.05, 3.63) is 83.9 Å². The Morgan fingerprint density at radius 3 is 2.20 bits per heavy atom. The standard InChI is InChI=1S/C30H35N3O6S/c1-21(2)31-30(35)23(4)32(19-24-12-10-22(3)11-13-24)29(34)20-33(40(36,37)26-8-6-5-7-9-26)25-14-15-27-28(18-25)39-17-16-38-27/h5-15,18,21,23H,16-17,19-20H2,1-4H3,(H,31,35)/t23-/m1/s1. The van der Waals surface area contributed by atoms with E-state index in [1.807, 2.05) is 45.0 Å². The Labute approximate surface area is 235 Å². The summed E-state index contributed by atoms with van der Waals surface area (Å²) in [6.45, 7) is 7.61. The molecule has 0 saturated heterocycles. The minimum atomic E-state index is -4.16. The SMILES string of the molecule is Cc1ccc(CN(C(=O)CN(c2ccc3c(c2)OCCO3)S(=O)(=O)c2ccccc2)[C@H](C)C(=O)NC(C)C)cc1. The molecule has 1 aliphatic rings. The fraction of sp³-hybridized carbons (Fsp3) is 0.333. The van der Waals surface area contributed by atoms with E-state index in [0.717, 1.165) is 15.4 Å². The number of rotatable bonds is 10. The monoisotopic (exact) mass is 565 g/mol. The fourth-order valence-corrected chi connectivity index (χ4v) is 5.74. The maximum atomic E-state index is 14.0. The zero-order valence-electron chi connectivity index (χ0n) is 23.2. The van der Waals surface area contributed by atoms with Crippen LogP contribution in [-0.4, -0.2) is 57.0 Å². The van der Waals surface area contributed by atoms with Gasteiger partial charge in [0.15, 0.2) is 11.5 Å². The molecule has 10 heteroatoms. The van der Waals surface area contributed by atoms with Crippen LogP contribution in [0.1, 0.15) is 31.9 Å². The van der Waals surface area contributed by atoms with Gasteiger partial charge in [-0.2, -0.15) is 0 Å². The number of nitrogens with one attached hydrogen (secondary N) is 1. The summed E-state index contributed by atoms with van der Waals surface area (Å²) in [6, 6.07) is 19.4. The summed E-state index contributed by atoms with van der Waals surface area (Å²) in [5.41, 5.74) is 2.13. The topological polar surface area (TPSA) is 105 Å². The molecular weight excluding hydrogens is 530 g/mol. The number of ether oxygens (including phenoxy) is 2. The molecule has 1 heterocycles. The molecule has 0 unspecified atom stereocenters. The van der Waals surface area contributed by atoms with Crippen molar-refractivity contribution >= 4 is 27.5 Å². The lowest BCUT2D eigenvalue weighted by molar-refractivity contribution is -0.139. The maximum absolute atomic E-state index is 14.0. The average molecular weight is 566 g/mol. The van der Waals surface area contributed by atoms with Crippen LogP contribution in [0.3, 0.4) is 0 Å². The van der Waals surface area contributed by atoms with Gasteiger partial charge in [-0.05, 0) is 57.5 Å². The Bertz CT molecular complexity index is 1440. The van der Waals surface area contributed by atoms with Crippen LogP contribution in [0.25, 0.3) is 0 Å². The Balaban J connectivity index is 1.73. The second-order valence-corrected chi connectivity index (χ2v) is 11.9. The summed E-state index contributed by atoms with van der Waals surface area (Å²) in [5, 5.41) is 2.85. The first-order valence-electron chi connectivity index (χ1n) is 13.2. The Morgan fingerprint density at radius 2 is 1.55 bits per heavy atom. The van der Waals surface area contributed by atoms with Crippen molar-refractivity contribution in [1.29, 1.82) is 0 Å². The van der Waals surface area contributed by atoms with Crippen molar-refractivity contribution in [2.24, 2.45) is 0 Å². The quantitative estimate of drug-likeness (QED) is 0.400. The van der Waals surface area contributed by atoms with Gasteiger partial charge in [0.1, 0.15) is 25.8 Å². The van der Waals surface area contributed by atoms with E-state index in [9.17, 15) is 18.0 Å². The number of anilines is 1. The molecule has 1 N–H and O–H groups in total. The summed E-state index contributed by atoms with van der Waals surface area (Å²) in [5.74, 6) is 0.0395. The normalized spacial score (nSPS) is 13.4. The maximum Gasteiger partial charge on any atom is 0.264 e. The third kappa shape index (κ3) is 6.74. The summed E-state index contributed by atoms with van der Waals surface area (Å²) in [4.78, 5) is 28.4. The highest BCUT2D eigenvalue weighted by Gasteiger charge is 2.33. The Morgan fingerprint density at radius 1 is 0.900 bits per heavy atom. The first-order valence-corrected chi connectivity index (χ1v) is 14.6. The van der Waals surface area contributed by atoms with Crippen molar-refractivity contribution in [3.8, 4) is 11.5 Å². The number of fused-ring (bicyclic) bond motifs is 1. The smallest absolute Gasteiger partial charge is 0.264 e. The Kier molecular flexibility index (Phi) is 8.99. The van der Waals surface area contributed by atoms with Crippen LogP contribution in [0.15, 0.2) is 77.7 Å². The van der Waals surface area contributed by atoms with Gasteiger partial charge in [0.2, 0.25) is 11.8 Å². The molecule has 0 bridgehead atoms. The highest BCUT2D eigenvalue weighted by atomic mass is 32.2. The first-order chi connectivity index (χ1) is 19.1. The molecular formula is C30H35N3O6S. The van der Waals surface area contributed by atoms with Crippen LogP contribution in [0, 0.1) is 6.92 Å². The molecule has 0 fully saturated rings. The molecule has 2 amide bonds. The van der Waals surface area contributed by atoms with Crippen molar-refractivity contribution in [2.45, 2.75) is 51.2 Å². The van der Waals surface area contributed by atoms with E-state index < -0.39 is 28.5 Å². The van der Waals surface area contributed by atoms with Crippen LogP contribution >= 0.6 is 0 Å². The van der Waals surface area contributed by atoms with Crippen LogP contribution < -0.4 is 19.1 Å². The molecule has 1 atom stereocenters. The van der Waals surface area contributed by atoms with E-state index in [0.29, 0.717) is 24.7 Å². The molecule has 40 heavy (non-hydrogen) atoms. The highest BCUT2D eigenvalue weighted by molar-refractivity contribution is 7.92. The van der Waals surface area contributed by atoms with Crippen molar-refractivity contribution in [2.75, 3.05) is 24.1 Å². The number of carbonyl (C=O) groups is 2. The summed E-state index contributed by atoms with van der Waals surface area (Å²) in [6.07, 6.45) is 0. The largest absolute Gasteiger partial charge is 0.486 e. The third-order valence-corrected chi connectivity index (χ3v) is 8.28. The zero-order chi connectivity index (χ0) is 28.9.